The number of aromatic nitrogens is 3. The molecule has 0 aliphatic rings. The van der Waals surface area contributed by atoms with Crippen molar-refractivity contribution in [2.24, 2.45) is 0 Å². The Bertz CT molecular complexity index is 889. The second-order valence-corrected chi connectivity index (χ2v) is 4.25. The molecule has 0 aliphatic heterocycles. The van der Waals surface area contributed by atoms with Crippen LogP contribution in [0.25, 0.3) is 16.6 Å². The number of halogens is 1. The number of fused-ring (bicyclic) bond motifs is 1. The van der Waals surface area contributed by atoms with Gasteiger partial charge in [-0.3, -0.25) is 14.3 Å². The molecule has 0 fully saturated rings. The molecule has 2 heterocycles. The van der Waals surface area contributed by atoms with Gasteiger partial charge in [-0.05, 0) is 19.1 Å². The Morgan fingerprint density at radius 3 is 2.79 bits per heavy atom. The van der Waals surface area contributed by atoms with Gasteiger partial charge in [0, 0.05) is 29.4 Å². The van der Waals surface area contributed by atoms with Crippen molar-refractivity contribution in [1.29, 1.82) is 0 Å². The van der Waals surface area contributed by atoms with Gasteiger partial charge in [0.25, 0.3) is 5.56 Å². The number of benzene rings is 1. The molecule has 3 aromatic rings. The zero-order valence-electron chi connectivity index (χ0n) is 10.0. The van der Waals surface area contributed by atoms with Gasteiger partial charge in [0.2, 0.25) is 0 Å². The maximum Gasteiger partial charge on any atom is 0.333 e. The average Bonchev–Trinajstić information content (AvgIpc) is 2.80. The molecule has 0 amide bonds. The summed E-state index contributed by atoms with van der Waals surface area (Å²) in [6.07, 6.45) is 2.97. The van der Waals surface area contributed by atoms with E-state index in [1.165, 1.54) is 18.3 Å². The van der Waals surface area contributed by atoms with Crippen molar-refractivity contribution in [3.8, 4) is 5.69 Å². The van der Waals surface area contributed by atoms with Crippen LogP contribution in [0.2, 0.25) is 0 Å². The van der Waals surface area contributed by atoms with Crippen LogP contribution < -0.4 is 11.2 Å². The molecule has 0 saturated carbocycles. The zero-order chi connectivity index (χ0) is 13.6. The molecule has 0 atom stereocenters. The average molecular weight is 259 g/mol. The normalized spacial score (nSPS) is 11.1. The number of H-pyrrole nitrogens is 2. The third-order valence-electron chi connectivity index (χ3n) is 3.08. The van der Waals surface area contributed by atoms with Crippen LogP contribution in [0.5, 0.6) is 0 Å². The summed E-state index contributed by atoms with van der Waals surface area (Å²) in [6, 6.07) is 4.29. The van der Waals surface area contributed by atoms with E-state index in [4.69, 9.17) is 0 Å². The molecule has 0 aliphatic carbocycles. The maximum atomic E-state index is 14.2. The van der Waals surface area contributed by atoms with Gasteiger partial charge in [-0.2, -0.15) is 0 Å². The van der Waals surface area contributed by atoms with E-state index in [1.807, 2.05) is 0 Å². The Labute approximate surface area is 106 Å². The molecule has 1 aromatic carbocycles. The molecule has 2 N–H and O–H groups in total. The van der Waals surface area contributed by atoms with Gasteiger partial charge in [0.1, 0.15) is 5.82 Å². The molecule has 0 saturated heterocycles. The van der Waals surface area contributed by atoms with E-state index in [0.29, 0.717) is 5.56 Å². The fourth-order valence-electron chi connectivity index (χ4n) is 2.22. The monoisotopic (exact) mass is 259 g/mol. The van der Waals surface area contributed by atoms with E-state index in [-0.39, 0.29) is 5.69 Å². The SMILES string of the molecule is Cc1c(-n2ccc(=O)[nH]c2=O)c(F)cc2cc[nH]c12. The van der Waals surface area contributed by atoms with Crippen molar-refractivity contribution in [2.45, 2.75) is 6.92 Å². The highest BCUT2D eigenvalue weighted by Gasteiger charge is 2.14. The summed E-state index contributed by atoms with van der Waals surface area (Å²) in [5.41, 5.74) is 0.320. The minimum atomic E-state index is -0.666. The van der Waals surface area contributed by atoms with Crippen molar-refractivity contribution >= 4 is 10.9 Å². The third-order valence-corrected chi connectivity index (χ3v) is 3.08. The highest BCUT2D eigenvalue weighted by atomic mass is 19.1. The summed E-state index contributed by atoms with van der Waals surface area (Å²) in [7, 11) is 0. The lowest BCUT2D eigenvalue weighted by Crippen LogP contribution is -2.28. The minimum absolute atomic E-state index is 0.135. The third kappa shape index (κ3) is 1.69. The summed E-state index contributed by atoms with van der Waals surface area (Å²) in [6.45, 7) is 1.72. The lowest BCUT2D eigenvalue weighted by atomic mass is 10.1. The first-order chi connectivity index (χ1) is 9.08. The smallest absolute Gasteiger partial charge is 0.333 e. The van der Waals surface area contributed by atoms with Crippen molar-refractivity contribution in [1.82, 2.24) is 14.5 Å². The van der Waals surface area contributed by atoms with Crippen LogP contribution >= 0.6 is 0 Å². The van der Waals surface area contributed by atoms with Crippen LogP contribution in [0.4, 0.5) is 4.39 Å². The number of nitrogens with zero attached hydrogens (tertiary/aromatic N) is 1. The maximum absolute atomic E-state index is 14.2. The Morgan fingerprint density at radius 1 is 1.26 bits per heavy atom. The highest BCUT2D eigenvalue weighted by Crippen LogP contribution is 2.25. The van der Waals surface area contributed by atoms with Gasteiger partial charge in [-0.25, -0.2) is 9.18 Å². The topological polar surface area (TPSA) is 70.7 Å². The van der Waals surface area contributed by atoms with E-state index in [9.17, 15) is 14.0 Å². The number of aryl methyl sites for hydroxylation is 1. The van der Waals surface area contributed by atoms with Crippen molar-refractivity contribution in [3.63, 3.8) is 0 Å². The van der Waals surface area contributed by atoms with Gasteiger partial charge in [0.05, 0.1) is 11.2 Å². The molecular formula is C13H10FN3O2. The Balaban J connectivity index is 2.42. The number of hydrogen-bond acceptors (Lipinski definition) is 2. The van der Waals surface area contributed by atoms with Crippen LogP contribution in [0, 0.1) is 12.7 Å². The lowest BCUT2D eigenvalue weighted by Gasteiger charge is -2.10. The molecular weight excluding hydrogens is 249 g/mol. The molecule has 0 unspecified atom stereocenters. The van der Waals surface area contributed by atoms with E-state index in [0.717, 1.165) is 15.5 Å². The summed E-state index contributed by atoms with van der Waals surface area (Å²) in [5.74, 6) is -0.515. The second kappa shape index (κ2) is 3.94. The minimum Gasteiger partial charge on any atom is -0.361 e. The van der Waals surface area contributed by atoms with Gasteiger partial charge in [0.15, 0.2) is 0 Å². The van der Waals surface area contributed by atoms with Crippen LogP contribution in [0.3, 0.4) is 0 Å². The number of hydrogen-bond donors (Lipinski definition) is 2. The molecule has 0 radical (unpaired) electrons. The molecule has 0 spiro atoms. The lowest BCUT2D eigenvalue weighted by molar-refractivity contribution is 0.614. The van der Waals surface area contributed by atoms with Gasteiger partial charge in [-0.15, -0.1) is 0 Å². The fraction of sp³-hybridized carbons (Fsp3) is 0.0769. The second-order valence-electron chi connectivity index (χ2n) is 4.25. The van der Waals surface area contributed by atoms with E-state index in [2.05, 4.69) is 9.97 Å². The summed E-state index contributed by atoms with van der Waals surface area (Å²) >= 11 is 0. The van der Waals surface area contributed by atoms with Crippen LogP contribution in [-0.2, 0) is 0 Å². The Kier molecular flexibility index (Phi) is 2.38. The van der Waals surface area contributed by atoms with Crippen LogP contribution in [0.1, 0.15) is 5.56 Å². The van der Waals surface area contributed by atoms with Crippen molar-refractivity contribution in [2.75, 3.05) is 0 Å². The molecule has 96 valence electrons. The number of nitrogens with one attached hydrogen (secondary N) is 2. The first kappa shape index (κ1) is 11.5. The predicted molar refractivity (Wildman–Crippen MR) is 69.2 cm³/mol. The number of rotatable bonds is 1. The molecule has 5 nitrogen and oxygen atoms in total. The van der Waals surface area contributed by atoms with Gasteiger partial charge >= 0.3 is 5.69 Å². The Hall–Kier alpha value is -2.63. The highest BCUT2D eigenvalue weighted by molar-refractivity contribution is 5.85. The van der Waals surface area contributed by atoms with Crippen LogP contribution in [-0.4, -0.2) is 14.5 Å². The van der Waals surface area contributed by atoms with Gasteiger partial charge < -0.3 is 4.98 Å². The zero-order valence-corrected chi connectivity index (χ0v) is 10.0. The first-order valence-corrected chi connectivity index (χ1v) is 5.66. The standard InChI is InChI=1S/C13H10FN3O2/c1-7-11-8(2-4-15-11)6-9(14)12(7)17-5-3-10(18)16-13(17)19/h2-6,15H,1H3,(H,16,18,19). The molecule has 0 bridgehead atoms. The Morgan fingerprint density at radius 2 is 2.05 bits per heavy atom. The van der Waals surface area contributed by atoms with E-state index < -0.39 is 17.1 Å². The van der Waals surface area contributed by atoms with Gasteiger partial charge in [-0.1, -0.05) is 0 Å². The van der Waals surface area contributed by atoms with Crippen LogP contribution in [0.15, 0.2) is 40.2 Å². The summed E-state index contributed by atoms with van der Waals surface area (Å²) in [5, 5.41) is 0.733. The molecule has 19 heavy (non-hydrogen) atoms. The summed E-state index contributed by atoms with van der Waals surface area (Å²) in [4.78, 5) is 27.9. The molecule has 2 aromatic heterocycles. The molecule has 6 heteroatoms. The van der Waals surface area contributed by atoms with Crippen molar-refractivity contribution < 1.29 is 4.39 Å². The molecule has 3 rings (SSSR count). The summed E-state index contributed by atoms with van der Waals surface area (Å²) < 4.78 is 15.2. The fourth-order valence-corrected chi connectivity index (χ4v) is 2.22. The number of aromatic amines is 2. The quantitative estimate of drug-likeness (QED) is 0.694. The van der Waals surface area contributed by atoms with Crippen molar-refractivity contribution in [3.05, 3.63) is 62.8 Å². The largest absolute Gasteiger partial charge is 0.361 e. The van der Waals surface area contributed by atoms with E-state index in [1.54, 1.807) is 19.2 Å². The predicted octanol–water partition coefficient (Wildman–Crippen LogP) is 1.45. The van der Waals surface area contributed by atoms with E-state index >= 15 is 0 Å². The first-order valence-electron chi connectivity index (χ1n) is 5.66.